The lowest BCUT2D eigenvalue weighted by molar-refractivity contribution is -0.137. The maximum Gasteiger partial charge on any atom is 0.417 e. The van der Waals surface area contributed by atoms with Crippen LogP contribution in [0.15, 0.2) is 24.3 Å². The summed E-state index contributed by atoms with van der Waals surface area (Å²) in [5.41, 5.74) is 1.25. The Morgan fingerprint density at radius 2 is 1.85 bits per heavy atom. The van der Waals surface area contributed by atoms with E-state index in [-0.39, 0.29) is 17.4 Å². The van der Waals surface area contributed by atoms with E-state index in [0.29, 0.717) is 48.9 Å². The molecule has 1 aliphatic rings. The minimum atomic E-state index is -4.54. The third-order valence-corrected chi connectivity index (χ3v) is 5.05. The summed E-state index contributed by atoms with van der Waals surface area (Å²) in [5, 5.41) is -0.350. The molecule has 0 aliphatic carbocycles. The molecular weight excluding hydrogens is 381 g/mol. The van der Waals surface area contributed by atoms with Crippen molar-refractivity contribution in [3.63, 3.8) is 0 Å². The third-order valence-electron chi connectivity index (χ3n) is 4.72. The van der Waals surface area contributed by atoms with Crippen LogP contribution in [-0.4, -0.2) is 48.1 Å². The molecule has 3 rings (SSSR count). The highest BCUT2D eigenvalue weighted by Gasteiger charge is 2.33. The number of carbonyl (C=O) groups is 1. The smallest absolute Gasteiger partial charge is 0.379 e. The van der Waals surface area contributed by atoms with E-state index in [1.807, 2.05) is 4.90 Å². The lowest BCUT2D eigenvalue weighted by Crippen LogP contribution is -2.39. The topological polar surface area (TPSA) is 34.5 Å². The highest BCUT2D eigenvalue weighted by atomic mass is 35.5. The van der Waals surface area contributed by atoms with Gasteiger partial charge in [0.15, 0.2) is 5.78 Å². The number of hydrogen-bond acceptors (Lipinski definition) is 3. The number of rotatable bonds is 4. The van der Waals surface area contributed by atoms with Crippen LogP contribution in [0.3, 0.4) is 0 Å². The monoisotopic (exact) mass is 400 g/mol. The molecule has 0 atom stereocenters. The van der Waals surface area contributed by atoms with Crippen LogP contribution < -0.4 is 0 Å². The molecule has 0 saturated carbocycles. The predicted molar refractivity (Wildman–Crippen MR) is 96.8 cm³/mol. The van der Waals surface area contributed by atoms with Crippen molar-refractivity contribution < 1.29 is 22.7 Å². The van der Waals surface area contributed by atoms with Crippen molar-refractivity contribution in [1.82, 2.24) is 9.47 Å². The first-order valence-corrected chi connectivity index (χ1v) is 8.95. The molecule has 2 heterocycles. The predicted octanol–water partition coefficient (Wildman–Crippen LogP) is 4.28. The van der Waals surface area contributed by atoms with Gasteiger partial charge in [-0.3, -0.25) is 9.69 Å². The average Bonchev–Trinajstić information content (AvgIpc) is 2.90. The number of carbonyl (C=O) groups excluding carboxylic acids is 1. The van der Waals surface area contributed by atoms with Crippen LogP contribution in [0.4, 0.5) is 13.2 Å². The molecule has 0 bridgehead atoms. The first-order valence-electron chi connectivity index (χ1n) is 8.58. The van der Waals surface area contributed by atoms with Crippen LogP contribution in [0.1, 0.15) is 27.3 Å². The van der Waals surface area contributed by atoms with Crippen molar-refractivity contribution in [3.05, 3.63) is 51.8 Å². The number of morpholine rings is 1. The Morgan fingerprint density at radius 1 is 1.19 bits per heavy atom. The van der Waals surface area contributed by atoms with E-state index in [9.17, 15) is 18.0 Å². The van der Waals surface area contributed by atoms with Gasteiger partial charge in [0.25, 0.3) is 0 Å². The molecular formula is C19H20ClF3N2O2. The van der Waals surface area contributed by atoms with Gasteiger partial charge in [0, 0.05) is 35.7 Å². The quantitative estimate of drug-likeness (QED) is 0.718. The standard InChI is InChI=1S/C19H20ClF3N2O2/c1-12-9-15(18(26)11-24-5-7-27-8-6-24)13(2)25(12)14-3-4-17(20)16(10-14)19(21,22)23/h3-4,9-10H,5-8,11H2,1-2H3. The summed E-state index contributed by atoms with van der Waals surface area (Å²) in [7, 11) is 0. The summed E-state index contributed by atoms with van der Waals surface area (Å²) in [6, 6.07) is 5.49. The van der Waals surface area contributed by atoms with Gasteiger partial charge in [-0.1, -0.05) is 11.6 Å². The van der Waals surface area contributed by atoms with E-state index >= 15 is 0 Å². The summed E-state index contributed by atoms with van der Waals surface area (Å²) >= 11 is 5.71. The summed E-state index contributed by atoms with van der Waals surface area (Å²) in [6.07, 6.45) is -4.54. The molecule has 1 fully saturated rings. The number of halogens is 4. The zero-order chi connectivity index (χ0) is 19.8. The molecule has 0 spiro atoms. The van der Waals surface area contributed by atoms with Crippen LogP contribution in [0, 0.1) is 13.8 Å². The maximum absolute atomic E-state index is 13.2. The second-order valence-electron chi connectivity index (χ2n) is 6.59. The van der Waals surface area contributed by atoms with Gasteiger partial charge in [0.05, 0.1) is 30.3 Å². The summed E-state index contributed by atoms with van der Waals surface area (Å²) < 4.78 is 46.5. The lowest BCUT2D eigenvalue weighted by Gasteiger charge is -2.25. The van der Waals surface area contributed by atoms with E-state index in [1.54, 1.807) is 24.5 Å². The van der Waals surface area contributed by atoms with Crippen LogP contribution in [0.5, 0.6) is 0 Å². The van der Waals surface area contributed by atoms with Gasteiger partial charge >= 0.3 is 6.18 Å². The number of aryl methyl sites for hydroxylation is 1. The zero-order valence-electron chi connectivity index (χ0n) is 15.1. The fraction of sp³-hybridized carbons (Fsp3) is 0.421. The van der Waals surface area contributed by atoms with Crippen LogP contribution in [-0.2, 0) is 10.9 Å². The summed E-state index contributed by atoms with van der Waals surface area (Å²) in [4.78, 5) is 14.7. The number of nitrogens with zero attached hydrogens (tertiary/aromatic N) is 2. The summed E-state index contributed by atoms with van der Waals surface area (Å²) in [6.45, 7) is 6.34. The number of ether oxygens (including phenoxy) is 1. The number of benzene rings is 1. The van der Waals surface area contributed by atoms with Gasteiger partial charge in [-0.15, -0.1) is 0 Å². The van der Waals surface area contributed by atoms with Crippen molar-refractivity contribution >= 4 is 17.4 Å². The number of ketones is 1. The minimum absolute atomic E-state index is 0.0544. The number of aromatic nitrogens is 1. The molecule has 0 N–H and O–H groups in total. The number of Topliss-reactive ketones (excluding diaryl/α,β-unsaturated/α-hetero) is 1. The van der Waals surface area contributed by atoms with Crippen LogP contribution in [0.2, 0.25) is 5.02 Å². The summed E-state index contributed by atoms with van der Waals surface area (Å²) in [5.74, 6) is -0.0544. The molecule has 0 amide bonds. The Hall–Kier alpha value is -1.83. The molecule has 146 valence electrons. The van der Waals surface area contributed by atoms with Crippen LogP contribution in [0.25, 0.3) is 5.69 Å². The SMILES string of the molecule is Cc1cc(C(=O)CN2CCOCC2)c(C)n1-c1ccc(Cl)c(C(F)(F)F)c1. The number of hydrogen-bond donors (Lipinski definition) is 0. The van der Waals surface area contributed by atoms with Crippen molar-refractivity contribution in [2.45, 2.75) is 20.0 Å². The fourth-order valence-corrected chi connectivity index (χ4v) is 3.58. The molecule has 0 radical (unpaired) electrons. The van der Waals surface area contributed by atoms with Gasteiger partial charge < -0.3 is 9.30 Å². The first kappa shape index (κ1) is 19.9. The zero-order valence-corrected chi connectivity index (χ0v) is 15.8. The van der Waals surface area contributed by atoms with Crippen molar-refractivity contribution in [1.29, 1.82) is 0 Å². The van der Waals surface area contributed by atoms with E-state index in [2.05, 4.69) is 0 Å². The minimum Gasteiger partial charge on any atom is -0.379 e. The Kier molecular flexibility index (Phi) is 5.65. The maximum atomic E-state index is 13.2. The molecule has 1 saturated heterocycles. The molecule has 4 nitrogen and oxygen atoms in total. The van der Waals surface area contributed by atoms with E-state index in [1.165, 1.54) is 12.1 Å². The van der Waals surface area contributed by atoms with E-state index in [0.717, 1.165) is 6.07 Å². The molecule has 1 aromatic heterocycles. The molecule has 1 aliphatic heterocycles. The van der Waals surface area contributed by atoms with Crippen LogP contribution >= 0.6 is 11.6 Å². The Bertz CT molecular complexity index is 855. The Labute approximate surface area is 160 Å². The second-order valence-corrected chi connectivity index (χ2v) is 7.00. The first-order chi connectivity index (χ1) is 12.7. The highest BCUT2D eigenvalue weighted by Crippen LogP contribution is 2.36. The largest absolute Gasteiger partial charge is 0.417 e. The van der Waals surface area contributed by atoms with Gasteiger partial charge in [-0.2, -0.15) is 13.2 Å². The normalized spacial score (nSPS) is 15.9. The lowest BCUT2D eigenvalue weighted by atomic mass is 10.1. The van der Waals surface area contributed by atoms with Crippen molar-refractivity contribution in [2.24, 2.45) is 0 Å². The highest BCUT2D eigenvalue weighted by molar-refractivity contribution is 6.31. The van der Waals surface area contributed by atoms with E-state index < -0.39 is 11.7 Å². The third kappa shape index (κ3) is 4.20. The van der Waals surface area contributed by atoms with Gasteiger partial charge in [0.1, 0.15) is 0 Å². The van der Waals surface area contributed by atoms with Gasteiger partial charge in [-0.25, -0.2) is 0 Å². The molecule has 0 unspecified atom stereocenters. The van der Waals surface area contributed by atoms with Gasteiger partial charge in [0.2, 0.25) is 0 Å². The Balaban J connectivity index is 1.93. The van der Waals surface area contributed by atoms with Crippen molar-refractivity contribution in [3.8, 4) is 5.69 Å². The Morgan fingerprint density at radius 3 is 2.48 bits per heavy atom. The molecule has 27 heavy (non-hydrogen) atoms. The molecule has 2 aromatic rings. The van der Waals surface area contributed by atoms with Crippen molar-refractivity contribution in [2.75, 3.05) is 32.8 Å². The fourth-order valence-electron chi connectivity index (χ4n) is 3.36. The molecule has 1 aromatic carbocycles. The molecule has 8 heteroatoms. The second kappa shape index (κ2) is 7.66. The van der Waals surface area contributed by atoms with Gasteiger partial charge in [-0.05, 0) is 38.1 Å². The van der Waals surface area contributed by atoms with E-state index in [4.69, 9.17) is 16.3 Å². The number of alkyl halides is 3. The average molecular weight is 401 g/mol.